The Morgan fingerprint density at radius 2 is 2.09 bits per heavy atom. The van der Waals surface area contributed by atoms with Crippen molar-refractivity contribution in [1.82, 2.24) is 24.5 Å². The van der Waals surface area contributed by atoms with Crippen LogP contribution < -0.4 is 15.8 Å². The zero-order chi connectivity index (χ0) is 23.4. The molecule has 0 aliphatic carbocycles. The van der Waals surface area contributed by atoms with E-state index in [1.54, 1.807) is 24.4 Å². The van der Waals surface area contributed by atoms with Gasteiger partial charge in [0.15, 0.2) is 0 Å². The minimum Gasteiger partial charge on any atom is -0.480 e. The maximum atomic E-state index is 14.0. The second kappa shape index (κ2) is 9.39. The van der Waals surface area contributed by atoms with E-state index in [4.69, 9.17) is 16.0 Å². The van der Waals surface area contributed by atoms with Crippen LogP contribution in [0.5, 0.6) is 5.88 Å². The Bertz CT molecular complexity index is 1330. The molecule has 3 heterocycles. The number of benzene rings is 1. The van der Waals surface area contributed by atoms with Crippen LogP contribution in [0.1, 0.15) is 19.4 Å². The van der Waals surface area contributed by atoms with Crippen molar-refractivity contribution in [2.75, 3.05) is 18.2 Å². The zero-order valence-electron chi connectivity index (χ0n) is 18.0. The molecule has 0 saturated carbocycles. The average Bonchev–Trinajstić information content (AvgIpc) is 3.23. The van der Waals surface area contributed by atoms with Crippen molar-refractivity contribution in [3.05, 3.63) is 67.0 Å². The molecular weight excluding hydrogens is 425 g/mol. The fraction of sp³-hybridized carbons (Fsp3) is 0.182. The molecule has 1 unspecified atom stereocenters. The van der Waals surface area contributed by atoms with Crippen LogP contribution >= 0.6 is 0 Å². The topological polar surface area (TPSA) is 140 Å². The highest BCUT2D eigenvalue weighted by atomic mass is 19.1. The Morgan fingerprint density at radius 3 is 2.82 bits per heavy atom. The van der Waals surface area contributed by atoms with E-state index in [1.165, 1.54) is 32.0 Å². The highest BCUT2D eigenvalue weighted by Crippen LogP contribution is 2.39. The number of methoxy groups -OCH3 is 1. The fourth-order valence-corrected chi connectivity index (χ4v) is 3.70. The van der Waals surface area contributed by atoms with Gasteiger partial charge in [0, 0.05) is 24.2 Å². The molecule has 33 heavy (non-hydrogen) atoms. The summed E-state index contributed by atoms with van der Waals surface area (Å²) in [4.78, 5) is 16.9. The van der Waals surface area contributed by atoms with E-state index in [0.29, 0.717) is 40.2 Å². The molecule has 0 aliphatic heterocycles. The maximum Gasteiger partial charge on any atom is 0.224 e. The number of anilines is 2. The molecule has 0 aliphatic rings. The lowest BCUT2D eigenvalue weighted by atomic mass is 10.1. The summed E-state index contributed by atoms with van der Waals surface area (Å²) in [6.07, 6.45) is 8.33. The largest absolute Gasteiger partial charge is 0.480 e. The van der Waals surface area contributed by atoms with E-state index in [0.717, 1.165) is 0 Å². The van der Waals surface area contributed by atoms with Crippen LogP contribution in [0.4, 0.5) is 15.9 Å². The van der Waals surface area contributed by atoms with Crippen LogP contribution in [-0.2, 0) is 0 Å². The van der Waals surface area contributed by atoms with E-state index in [9.17, 15) is 4.39 Å². The number of nitrogen functional groups attached to an aromatic ring is 1. The van der Waals surface area contributed by atoms with Gasteiger partial charge in [0.2, 0.25) is 5.88 Å². The van der Waals surface area contributed by atoms with Crippen molar-refractivity contribution in [3.63, 3.8) is 0 Å². The highest BCUT2D eigenvalue weighted by molar-refractivity contribution is 6.01. The minimum atomic E-state index is -0.406. The third-order valence-electron chi connectivity index (χ3n) is 5.24. The molecule has 4 rings (SSSR count). The van der Waals surface area contributed by atoms with Crippen LogP contribution in [-0.4, -0.2) is 31.6 Å². The van der Waals surface area contributed by atoms with E-state index in [1.807, 2.05) is 17.7 Å². The number of rotatable bonds is 8. The van der Waals surface area contributed by atoms with Crippen molar-refractivity contribution in [1.29, 1.82) is 5.53 Å². The van der Waals surface area contributed by atoms with Gasteiger partial charge >= 0.3 is 0 Å². The van der Waals surface area contributed by atoms with E-state index < -0.39 is 11.9 Å². The van der Waals surface area contributed by atoms with Gasteiger partial charge in [-0.15, -0.1) is 0 Å². The van der Waals surface area contributed by atoms with Gasteiger partial charge in [0.1, 0.15) is 35.6 Å². The molecule has 4 aromatic rings. The van der Waals surface area contributed by atoms with Crippen LogP contribution in [0.25, 0.3) is 22.2 Å². The third-order valence-corrected chi connectivity index (χ3v) is 5.24. The number of hydrogen-bond donors (Lipinski definition) is 3. The standard InChI is InChI=1S/C22H22FN9O/c1-3-18(17(31-25)9-27-16-7-5-4-6-15(16)23)32-10-14(13-8-26-11-30-22(13)33-2)19-20(24)28-12-29-21(19)32/h4-12,18,25,27H,3H2,1-2H3,(H2,24,28,29)/b17-9-,31-25?. The summed E-state index contributed by atoms with van der Waals surface area (Å²) in [5.41, 5.74) is 16.5. The lowest BCUT2D eigenvalue weighted by Crippen LogP contribution is -2.11. The Hall–Kier alpha value is -4.41. The molecule has 3 aromatic heterocycles. The smallest absolute Gasteiger partial charge is 0.224 e. The number of ether oxygens (including phenoxy) is 1. The highest BCUT2D eigenvalue weighted by Gasteiger charge is 2.24. The van der Waals surface area contributed by atoms with Crippen molar-refractivity contribution in [2.45, 2.75) is 19.4 Å². The molecule has 0 radical (unpaired) electrons. The molecule has 0 fully saturated rings. The van der Waals surface area contributed by atoms with Crippen LogP contribution in [0, 0.1) is 11.3 Å². The number of fused-ring (bicyclic) bond motifs is 1. The van der Waals surface area contributed by atoms with Gasteiger partial charge in [-0.05, 0) is 18.6 Å². The molecule has 1 aromatic carbocycles. The molecule has 168 valence electrons. The SMILES string of the molecule is CCC(/C(=C/Nc1ccccc1F)N=N)n1cc(-c2cncnc2OC)c2c(N)ncnc21. The molecule has 4 N–H and O–H groups in total. The van der Waals surface area contributed by atoms with E-state index in [2.05, 4.69) is 30.4 Å². The number of halogens is 1. The predicted molar refractivity (Wildman–Crippen MR) is 122 cm³/mol. The predicted octanol–water partition coefficient (Wildman–Crippen LogP) is 4.55. The first kappa shape index (κ1) is 21.8. The van der Waals surface area contributed by atoms with E-state index in [-0.39, 0.29) is 11.5 Å². The maximum absolute atomic E-state index is 14.0. The summed E-state index contributed by atoms with van der Waals surface area (Å²) in [6, 6.07) is 5.88. The molecule has 11 heteroatoms. The summed E-state index contributed by atoms with van der Waals surface area (Å²) in [7, 11) is 1.52. The van der Waals surface area contributed by atoms with Gasteiger partial charge in [0.25, 0.3) is 0 Å². The Kier molecular flexibility index (Phi) is 6.20. The third kappa shape index (κ3) is 4.07. The number of nitrogens with zero attached hydrogens (tertiary/aromatic N) is 6. The first-order chi connectivity index (χ1) is 16.1. The number of nitrogens with two attached hydrogens (primary N) is 1. The molecular formula is C22H22FN9O. The van der Waals surface area contributed by atoms with E-state index >= 15 is 0 Å². The minimum absolute atomic E-state index is 0.282. The quantitative estimate of drug-likeness (QED) is 0.336. The molecule has 1 atom stereocenters. The van der Waals surface area contributed by atoms with Gasteiger partial charge in [-0.1, -0.05) is 19.1 Å². The first-order valence-corrected chi connectivity index (χ1v) is 10.1. The second-order valence-corrected chi connectivity index (χ2v) is 7.08. The molecule has 0 spiro atoms. The summed E-state index contributed by atoms with van der Waals surface area (Å²) in [5.74, 6) is 0.256. The van der Waals surface area contributed by atoms with Crippen molar-refractivity contribution < 1.29 is 9.13 Å². The van der Waals surface area contributed by atoms with Gasteiger partial charge < -0.3 is 20.4 Å². The number of hydrogen-bond acceptors (Lipinski definition) is 9. The second-order valence-electron chi connectivity index (χ2n) is 7.08. The number of allylic oxidation sites excluding steroid dienone is 1. The van der Waals surface area contributed by atoms with Crippen LogP contribution in [0.3, 0.4) is 0 Å². The van der Waals surface area contributed by atoms with Crippen LogP contribution in [0.2, 0.25) is 0 Å². The van der Waals surface area contributed by atoms with Gasteiger partial charge in [0.05, 0.1) is 29.8 Å². The van der Waals surface area contributed by atoms with Crippen molar-refractivity contribution in [2.24, 2.45) is 5.11 Å². The Labute approximate surface area is 188 Å². The fourth-order valence-electron chi connectivity index (χ4n) is 3.70. The lowest BCUT2D eigenvalue weighted by molar-refractivity contribution is 0.398. The zero-order valence-corrected chi connectivity index (χ0v) is 18.0. The van der Waals surface area contributed by atoms with Crippen molar-refractivity contribution >= 4 is 22.5 Å². The molecule has 0 amide bonds. The lowest BCUT2D eigenvalue weighted by Gasteiger charge is -2.18. The van der Waals surface area contributed by atoms with Gasteiger partial charge in [-0.25, -0.2) is 29.9 Å². The van der Waals surface area contributed by atoms with Gasteiger partial charge in [-0.3, -0.25) is 0 Å². The Morgan fingerprint density at radius 1 is 1.27 bits per heavy atom. The Balaban J connectivity index is 1.85. The number of aromatic nitrogens is 5. The molecule has 10 nitrogen and oxygen atoms in total. The van der Waals surface area contributed by atoms with Crippen molar-refractivity contribution in [3.8, 4) is 17.0 Å². The normalized spacial score (nSPS) is 12.5. The van der Waals surface area contributed by atoms with Gasteiger partial charge in [-0.2, -0.15) is 5.11 Å². The summed E-state index contributed by atoms with van der Waals surface area (Å²) in [5, 5.41) is 7.22. The van der Waals surface area contributed by atoms with Crippen LogP contribution in [0.15, 0.2) is 66.3 Å². The summed E-state index contributed by atoms with van der Waals surface area (Å²) < 4.78 is 21.3. The monoisotopic (exact) mass is 447 g/mol. The molecule has 0 saturated heterocycles. The number of nitrogens with one attached hydrogen (secondary N) is 2. The first-order valence-electron chi connectivity index (χ1n) is 10.1. The summed E-state index contributed by atoms with van der Waals surface area (Å²) in [6.45, 7) is 1.95. The number of para-hydroxylation sites is 1. The molecule has 0 bridgehead atoms. The summed E-state index contributed by atoms with van der Waals surface area (Å²) >= 11 is 0. The average molecular weight is 447 g/mol.